The number of aliphatic hydroxyl groups excluding tert-OH is 1. The summed E-state index contributed by atoms with van der Waals surface area (Å²) in [7, 11) is -3.61. The molecule has 4 aromatic carbocycles. The predicted molar refractivity (Wildman–Crippen MR) is 191 cm³/mol. The average molecular weight is 682 g/mol. The van der Waals surface area contributed by atoms with E-state index < -0.39 is 16.3 Å². The molecular weight excluding hydrogens is 635 g/mol. The Morgan fingerprint density at radius 2 is 1.49 bits per heavy atom. The zero-order valence-corrected chi connectivity index (χ0v) is 28.8. The van der Waals surface area contributed by atoms with Crippen LogP contribution in [0, 0.1) is 0 Å². The third-order valence-electron chi connectivity index (χ3n) is 10.2. The second-order valence-electron chi connectivity index (χ2n) is 13.6. The van der Waals surface area contributed by atoms with Gasteiger partial charge in [0.2, 0.25) is 10.0 Å². The van der Waals surface area contributed by atoms with Crippen molar-refractivity contribution in [3.05, 3.63) is 125 Å². The first-order valence-corrected chi connectivity index (χ1v) is 19.1. The van der Waals surface area contributed by atoms with Gasteiger partial charge in [-0.15, -0.1) is 0 Å². The van der Waals surface area contributed by atoms with E-state index in [1.54, 1.807) is 30.3 Å². The van der Waals surface area contributed by atoms with Crippen LogP contribution in [0.1, 0.15) is 66.8 Å². The Morgan fingerprint density at radius 3 is 2.27 bits per heavy atom. The average Bonchev–Trinajstić information content (AvgIpc) is 3.83. The summed E-state index contributed by atoms with van der Waals surface area (Å²) in [5.41, 5.74) is 5.79. The highest BCUT2D eigenvalue weighted by Crippen LogP contribution is 2.39. The SMILES string of the molecule is O=S(=O)(NCc1cccc(-c2cccc(C3OC(CN4CCCC4CN4CCCC4)CC(c4ccc(CO)cc4)O3)c2)c1)c1ccccc1. The fourth-order valence-corrected chi connectivity index (χ4v) is 8.53. The lowest BCUT2D eigenvalue weighted by Crippen LogP contribution is -2.45. The van der Waals surface area contributed by atoms with Gasteiger partial charge in [0.15, 0.2) is 6.29 Å². The highest BCUT2D eigenvalue weighted by atomic mass is 32.2. The van der Waals surface area contributed by atoms with Crippen molar-refractivity contribution < 1.29 is 23.0 Å². The summed E-state index contributed by atoms with van der Waals surface area (Å²) in [6.07, 6.45) is 5.18. The Labute approximate surface area is 290 Å². The van der Waals surface area contributed by atoms with Crippen molar-refractivity contribution in [1.82, 2.24) is 14.5 Å². The topological polar surface area (TPSA) is 91.3 Å². The highest BCUT2D eigenvalue weighted by Gasteiger charge is 2.36. The molecule has 9 heteroatoms. The van der Waals surface area contributed by atoms with E-state index in [1.807, 2.05) is 42.5 Å². The minimum atomic E-state index is -3.61. The molecule has 3 heterocycles. The Balaban J connectivity index is 1.09. The van der Waals surface area contributed by atoms with Crippen molar-refractivity contribution in [3.8, 4) is 11.1 Å². The smallest absolute Gasteiger partial charge is 0.240 e. The summed E-state index contributed by atoms with van der Waals surface area (Å²) >= 11 is 0. The molecule has 4 aromatic rings. The number of hydrogen-bond acceptors (Lipinski definition) is 7. The normalized spacial score (nSPS) is 23.6. The molecule has 0 radical (unpaired) electrons. The maximum atomic E-state index is 12.8. The monoisotopic (exact) mass is 681 g/mol. The molecule has 0 spiro atoms. The molecule has 0 aliphatic carbocycles. The van der Waals surface area contributed by atoms with Crippen molar-refractivity contribution in [2.45, 2.75) is 74.7 Å². The number of rotatable bonds is 12. The van der Waals surface area contributed by atoms with Gasteiger partial charge in [-0.2, -0.15) is 0 Å². The second kappa shape index (κ2) is 15.6. The van der Waals surface area contributed by atoms with Gasteiger partial charge in [-0.25, -0.2) is 13.1 Å². The first-order valence-electron chi connectivity index (χ1n) is 17.6. The molecule has 3 fully saturated rings. The highest BCUT2D eigenvalue weighted by molar-refractivity contribution is 7.89. The van der Waals surface area contributed by atoms with Gasteiger partial charge in [0.05, 0.1) is 23.7 Å². The number of benzene rings is 4. The van der Waals surface area contributed by atoms with Crippen LogP contribution in [-0.4, -0.2) is 68.2 Å². The fraction of sp³-hybridized carbons (Fsp3) is 0.400. The van der Waals surface area contributed by atoms with E-state index in [2.05, 4.69) is 44.9 Å². The van der Waals surface area contributed by atoms with E-state index in [0.717, 1.165) is 59.4 Å². The number of likely N-dealkylation sites (tertiary alicyclic amines) is 2. The largest absolute Gasteiger partial charge is 0.392 e. The number of ether oxygens (including phenoxy) is 2. The van der Waals surface area contributed by atoms with Gasteiger partial charge in [0, 0.05) is 37.7 Å². The molecule has 0 bridgehead atoms. The lowest BCUT2D eigenvalue weighted by molar-refractivity contribution is -0.253. The summed E-state index contributed by atoms with van der Waals surface area (Å²) in [4.78, 5) is 5.52. The first-order chi connectivity index (χ1) is 23.9. The van der Waals surface area contributed by atoms with Gasteiger partial charge < -0.3 is 19.5 Å². The van der Waals surface area contributed by atoms with Crippen molar-refractivity contribution in [1.29, 1.82) is 0 Å². The molecule has 3 saturated heterocycles. The quantitative estimate of drug-likeness (QED) is 0.178. The summed E-state index contributed by atoms with van der Waals surface area (Å²) in [5, 5.41) is 9.62. The van der Waals surface area contributed by atoms with Crippen LogP contribution in [0.5, 0.6) is 0 Å². The van der Waals surface area contributed by atoms with Crippen LogP contribution in [0.2, 0.25) is 0 Å². The van der Waals surface area contributed by atoms with Crippen molar-refractivity contribution >= 4 is 10.0 Å². The van der Waals surface area contributed by atoms with Crippen LogP contribution in [-0.2, 0) is 32.6 Å². The minimum absolute atomic E-state index is 0.00469. The molecule has 49 heavy (non-hydrogen) atoms. The van der Waals surface area contributed by atoms with Crippen LogP contribution in [0.15, 0.2) is 108 Å². The molecular formula is C40H47N3O5S. The lowest BCUT2D eigenvalue weighted by Gasteiger charge is -2.39. The third kappa shape index (κ3) is 8.49. The summed E-state index contributed by atoms with van der Waals surface area (Å²) < 4.78 is 41.9. The third-order valence-corrected chi connectivity index (χ3v) is 11.6. The zero-order valence-electron chi connectivity index (χ0n) is 28.0. The molecule has 2 N–H and O–H groups in total. The fourth-order valence-electron chi connectivity index (χ4n) is 7.49. The van der Waals surface area contributed by atoms with Gasteiger partial charge >= 0.3 is 0 Å². The number of hydrogen-bond donors (Lipinski definition) is 2. The van der Waals surface area contributed by atoms with Crippen LogP contribution in [0.4, 0.5) is 0 Å². The number of aliphatic hydroxyl groups is 1. The Hall–Kier alpha value is -3.41. The molecule has 0 saturated carbocycles. The molecule has 3 aliphatic rings. The maximum absolute atomic E-state index is 12.8. The van der Waals surface area contributed by atoms with Gasteiger partial charge in [-0.1, -0.05) is 78.9 Å². The predicted octanol–water partition coefficient (Wildman–Crippen LogP) is 6.43. The Bertz CT molecular complexity index is 1780. The van der Waals surface area contributed by atoms with E-state index in [0.29, 0.717) is 6.04 Å². The zero-order chi connectivity index (χ0) is 33.6. The standard InChI is InChI=1S/C40H47N3O5S/c44-29-30-16-18-32(19-17-30)39-25-37(28-43-22-8-13-36(43)27-42-20-4-5-21-42)47-40(48-39)35-12-7-11-34(24-35)33-10-6-9-31(23-33)26-41-49(45,46)38-14-2-1-3-15-38/h1-3,6-7,9-12,14-19,23-24,36-37,39-41,44H,4-5,8,13,20-22,25-29H2. The van der Waals surface area contributed by atoms with E-state index >= 15 is 0 Å². The number of nitrogens with one attached hydrogen (secondary N) is 1. The van der Waals surface area contributed by atoms with Crippen molar-refractivity contribution in [2.24, 2.45) is 0 Å². The van der Waals surface area contributed by atoms with Crippen LogP contribution in [0.3, 0.4) is 0 Å². The van der Waals surface area contributed by atoms with Gasteiger partial charge in [-0.05, 0) is 97.4 Å². The number of sulfonamides is 1. The maximum Gasteiger partial charge on any atom is 0.240 e. The van der Waals surface area contributed by atoms with Gasteiger partial charge in [0.25, 0.3) is 0 Å². The number of nitrogens with zero attached hydrogens (tertiary/aromatic N) is 2. The molecule has 0 amide bonds. The molecule has 4 unspecified atom stereocenters. The molecule has 258 valence electrons. The lowest BCUT2D eigenvalue weighted by atomic mass is 9.98. The summed E-state index contributed by atoms with van der Waals surface area (Å²) in [6.45, 7) is 5.77. The van der Waals surface area contributed by atoms with Crippen LogP contribution < -0.4 is 4.72 Å². The van der Waals surface area contributed by atoms with Crippen molar-refractivity contribution in [2.75, 3.05) is 32.7 Å². The summed E-state index contributed by atoms with van der Waals surface area (Å²) in [6, 6.07) is 33.3. The van der Waals surface area contributed by atoms with Crippen LogP contribution >= 0.6 is 0 Å². The van der Waals surface area contributed by atoms with Gasteiger partial charge in [-0.3, -0.25) is 4.90 Å². The van der Waals surface area contributed by atoms with Crippen molar-refractivity contribution in [3.63, 3.8) is 0 Å². The summed E-state index contributed by atoms with van der Waals surface area (Å²) in [5.74, 6) is 0. The molecule has 0 aromatic heterocycles. The van der Waals surface area contributed by atoms with E-state index in [4.69, 9.17) is 9.47 Å². The molecule has 4 atom stereocenters. The molecule has 7 rings (SSSR count). The second-order valence-corrected chi connectivity index (χ2v) is 15.4. The first kappa shape index (κ1) is 34.1. The van der Waals surface area contributed by atoms with Gasteiger partial charge in [0.1, 0.15) is 0 Å². The Kier molecular flexibility index (Phi) is 10.9. The Morgan fingerprint density at radius 1 is 0.735 bits per heavy atom. The van der Waals surface area contributed by atoms with E-state index in [9.17, 15) is 13.5 Å². The van der Waals surface area contributed by atoms with E-state index in [-0.39, 0.29) is 30.3 Å². The molecule has 3 aliphatic heterocycles. The minimum Gasteiger partial charge on any atom is -0.392 e. The van der Waals surface area contributed by atoms with E-state index in [1.165, 1.54) is 38.8 Å². The molecule has 8 nitrogen and oxygen atoms in total. The van der Waals surface area contributed by atoms with Crippen LogP contribution in [0.25, 0.3) is 11.1 Å².